The van der Waals surface area contributed by atoms with E-state index in [9.17, 15) is 0 Å². The van der Waals surface area contributed by atoms with Gasteiger partial charge < -0.3 is 10.1 Å². The van der Waals surface area contributed by atoms with Gasteiger partial charge in [0, 0.05) is 23.8 Å². The van der Waals surface area contributed by atoms with Crippen LogP contribution in [0.1, 0.15) is 31.9 Å². The number of amidine groups is 1. The smallest absolute Gasteiger partial charge is 0.157 e. The van der Waals surface area contributed by atoms with Crippen LogP contribution in [-0.4, -0.2) is 23.6 Å². The number of thioether (sulfide) groups is 1. The lowest BCUT2D eigenvalue weighted by Crippen LogP contribution is -2.32. The Labute approximate surface area is 118 Å². The van der Waals surface area contributed by atoms with E-state index in [0.717, 1.165) is 29.7 Å². The molecule has 1 aromatic rings. The maximum atomic E-state index is 5.68. The number of hydrogen-bond donors (Lipinski definition) is 1. The maximum absolute atomic E-state index is 5.68. The van der Waals surface area contributed by atoms with Gasteiger partial charge >= 0.3 is 0 Å². The van der Waals surface area contributed by atoms with Crippen molar-refractivity contribution in [1.29, 1.82) is 0 Å². The molecule has 2 atom stereocenters. The number of nitrogens with zero attached hydrogens (tertiary/aromatic N) is 1. The van der Waals surface area contributed by atoms with Crippen molar-refractivity contribution in [2.75, 3.05) is 12.4 Å². The highest BCUT2D eigenvalue weighted by atomic mass is 32.2. The van der Waals surface area contributed by atoms with E-state index in [4.69, 9.17) is 9.73 Å². The molecule has 2 aliphatic heterocycles. The fourth-order valence-corrected chi connectivity index (χ4v) is 3.69. The molecule has 3 nitrogen and oxygen atoms in total. The molecule has 0 aromatic heterocycles. The van der Waals surface area contributed by atoms with Crippen molar-refractivity contribution in [3.63, 3.8) is 0 Å². The van der Waals surface area contributed by atoms with Gasteiger partial charge in [-0.3, -0.25) is 4.99 Å². The van der Waals surface area contributed by atoms with Gasteiger partial charge in [-0.15, -0.1) is 0 Å². The van der Waals surface area contributed by atoms with Gasteiger partial charge in [0.1, 0.15) is 5.75 Å². The average Bonchev–Trinajstić information content (AvgIpc) is 2.88. The predicted molar refractivity (Wildman–Crippen MR) is 80.9 cm³/mol. The topological polar surface area (TPSA) is 33.6 Å². The molecule has 1 aromatic carbocycles. The summed E-state index contributed by atoms with van der Waals surface area (Å²) in [5, 5.41) is 4.64. The van der Waals surface area contributed by atoms with E-state index in [1.54, 1.807) is 0 Å². The van der Waals surface area contributed by atoms with Crippen molar-refractivity contribution >= 4 is 16.9 Å². The van der Waals surface area contributed by atoms with Gasteiger partial charge in [0.05, 0.1) is 12.6 Å². The number of fused-ring (bicyclic) bond motifs is 1. The molecule has 0 saturated carbocycles. The molecule has 0 aliphatic carbocycles. The summed E-state index contributed by atoms with van der Waals surface area (Å²) in [6.07, 6.45) is 0.967. The standard InChI is InChI=1S/C15H20N2OS/c1-10(2)13-9-19-15(17-13)16-12-7-8-18-14-6-4-3-5-11(12)14/h3-6,10,12-13H,7-9H2,1-2H3,(H,16,17)/t12?,13-/m1/s1. The average molecular weight is 276 g/mol. The lowest BCUT2D eigenvalue weighted by molar-refractivity contribution is 0.269. The van der Waals surface area contributed by atoms with Crippen LogP contribution >= 0.6 is 11.8 Å². The van der Waals surface area contributed by atoms with Crippen LogP contribution in [0, 0.1) is 5.92 Å². The molecule has 1 saturated heterocycles. The SMILES string of the molecule is CC(C)[C@H]1CSC(=NC2CCOc3ccccc32)N1. The zero-order valence-electron chi connectivity index (χ0n) is 11.4. The summed E-state index contributed by atoms with van der Waals surface area (Å²) in [7, 11) is 0. The normalized spacial score (nSPS) is 28.1. The Balaban J connectivity index is 1.78. The highest BCUT2D eigenvalue weighted by Crippen LogP contribution is 2.35. The molecular formula is C15H20N2OS. The van der Waals surface area contributed by atoms with Crippen LogP contribution in [0.25, 0.3) is 0 Å². The zero-order valence-corrected chi connectivity index (χ0v) is 12.2. The first-order valence-corrected chi connectivity index (χ1v) is 7.91. The van der Waals surface area contributed by atoms with E-state index in [0.29, 0.717) is 12.0 Å². The lowest BCUT2D eigenvalue weighted by atomic mass is 10.0. The first kappa shape index (κ1) is 12.9. The second kappa shape index (κ2) is 5.45. The molecule has 0 bridgehead atoms. The number of nitrogens with one attached hydrogen (secondary N) is 1. The third-order valence-electron chi connectivity index (χ3n) is 3.71. The summed E-state index contributed by atoms with van der Waals surface area (Å²) in [4.78, 5) is 4.90. The van der Waals surface area contributed by atoms with Crippen LogP contribution in [0.2, 0.25) is 0 Å². The number of ether oxygens (including phenoxy) is 1. The largest absolute Gasteiger partial charge is 0.493 e. The van der Waals surface area contributed by atoms with E-state index < -0.39 is 0 Å². The summed E-state index contributed by atoms with van der Waals surface area (Å²) < 4.78 is 5.68. The Morgan fingerprint density at radius 3 is 3.00 bits per heavy atom. The second-order valence-electron chi connectivity index (χ2n) is 5.43. The maximum Gasteiger partial charge on any atom is 0.157 e. The fourth-order valence-electron chi connectivity index (χ4n) is 2.44. The molecule has 1 N–H and O–H groups in total. The summed E-state index contributed by atoms with van der Waals surface area (Å²) in [6, 6.07) is 9.04. The van der Waals surface area contributed by atoms with Gasteiger partial charge in [0.2, 0.25) is 0 Å². The minimum atomic E-state index is 0.242. The molecule has 1 fully saturated rings. The predicted octanol–water partition coefficient (Wildman–Crippen LogP) is 3.23. The van der Waals surface area contributed by atoms with Gasteiger partial charge in [-0.05, 0) is 12.0 Å². The number of para-hydroxylation sites is 1. The van der Waals surface area contributed by atoms with Crippen LogP contribution in [0.15, 0.2) is 29.3 Å². The minimum Gasteiger partial charge on any atom is -0.493 e. The lowest BCUT2D eigenvalue weighted by Gasteiger charge is -2.23. The highest BCUT2D eigenvalue weighted by Gasteiger charge is 2.26. The van der Waals surface area contributed by atoms with E-state index >= 15 is 0 Å². The Bertz CT molecular complexity index is 487. The van der Waals surface area contributed by atoms with Crippen LogP contribution < -0.4 is 10.1 Å². The molecule has 4 heteroatoms. The second-order valence-corrected chi connectivity index (χ2v) is 6.44. The van der Waals surface area contributed by atoms with Crippen molar-refractivity contribution < 1.29 is 4.74 Å². The van der Waals surface area contributed by atoms with Crippen molar-refractivity contribution in [2.24, 2.45) is 10.9 Å². The molecular weight excluding hydrogens is 256 g/mol. The van der Waals surface area contributed by atoms with Crippen molar-refractivity contribution in [1.82, 2.24) is 5.32 Å². The van der Waals surface area contributed by atoms with Crippen LogP contribution in [0.5, 0.6) is 5.75 Å². The van der Waals surface area contributed by atoms with Gasteiger partial charge in [-0.1, -0.05) is 43.8 Å². The molecule has 0 radical (unpaired) electrons. The first-order chi connectivity index (χ1) is 9.24. The highest BCUT2D eigenvalue weighted by molar-refractivity contribution is 8.14. The van der Waals surface area contributed by atoms with Crippen LogP contribution in [-0.2, 0) is 0 Å². The van der Waals surface area contributed by atoms with Crippen molar-refractivity contribution in [2.45, 2.75) is 32.4 Å². The Morgan fingerprint density at radius 2 is 2.21 bits per heavy atom. The molecule has 102 valence electrons. The van der Waals surface area contributed by atoms with Crippen LogP contribution in [0.4, 0.5) is 0 Å². The van der Waals surface area contributed by atoms with E-state index in [1.807, 2.05) is 23.9 Å². The van der Waals surface area contributed by atoms with E-state index in [2.05, 4.69) is 31.3 Å². The third kappa shape index (κ3) is 2.73. The number of rotatable bonds is 2. The summed E-state index contributed by atoms with van der Waals surface area (Å²) in [6.45, 7) is 5.27. The first-order valence-electron chi connectivity index (χ1n) is 6.93. The Morgan fingerprint density at radius 1 is 1.37 bits per heavy atom. The Hall–Kier alpha value is -1.16. The van der Waals surface area contributed by atoms with Gasteiger partial charge in [0.15, 0.2) is 5.17 Å². The molecule has 0 spiro atoms. The quantitative estimate of drug-likeness (QED) is 0.900. The van der Waals surface area contributed by atoms with Gasteiger partial charge in [-0.25, -0.2) is 0 Å². The zero-order chi connectivity index (χ0) is 13.2. The number of hydrogen-bond acceptors (Lipinski definition) is 3. The molecule has 2 heterocycles. The van der Waals surface area contributed by atoms with Crippen molar-refractivity contribution in [3.05, 3.63) is 29.8 Å². The number of aliphatic imine (C=N–C) groups is 1. The fraction of sp³-hybridized carbons (Fsp3) is 0.533. The van der Waals surface area contributed by atoms with E-state index in [-0.39, 0.29) is 6.04 Å². The van der Waals surface area contributed by atoms with Gasteiger partial charge in [0.25, 0.3) is 0 Å². The van der Waals surface area contributed by atoms with Crippen molar-refractivity contribution in [3.8, 4) is 5.75 Å². The summed E-state index contributed by atoms with van der Waals surface area (Å²) in [5.41, 5.74) is 1.22. The van der Waals surface area contributed by atoms with E-state index in [1.165, 1.54) is 5.56 Å². The molecule has 2 aliphatic rings. The van der Waals surface area contributed by atoms with Crippen LogP contribution in [0.3, 0.4) is 0 Å². The Kier molecular flexibility index (Phi) is 3.69. The molecule has 3 rings (SSSR count). The number of benzene rings is 1. The minimum absolute atomic E-state index is 0.242. The summed E-state index contributed by atoms with van der Waals surface area (Å²) in [5.74, 6) is 2.77. The molecule has 19 heavy (non-hydrogen) atoms. The summed E-state index contributed by atoms with van der Waals surface area (Å²) >= 11 is 1.85. The molecule has 0 amide bonds. The third-order valence-corrected chi connectivity index (χ3v) is 4.74. The molecule has 1 unspecified atom stereocenters. The van der Waals surface area contributed by atoms with Gasteiger partial charge in [-0.2, -0.15) is 0 Å². The monoisotopic (exact) mass is 276 g/mol.